The van der Waals surface area contributed by atoms with Gasteiger partial charge in [0.2, 0.25) is 11.7 Å². The van der Waals surface area contributed by atoms with E-state index < -0.39 is 23.6 Å². The third-order valence-electron chi connectivity index (χ3n) is 8.46. The van der Waals surface area contributed by atoms with E-state index in [1.165, 1.54) is 0 Å². The largest absolute Gasteiger partial charge is 0.473 e. The summed E-state index contributed by atoms with van der Waals surface area (Å²) in [5.41, 5.74) is 2.14. The molecule has 5 aromatic rings. The van der Waals surface area contributed by atoms with Crippen LogP contribution in [0, 0.1) is 11.6 Å². The highest BCUT2D eigenvalue weighted by atomic mass is 35.5. The van der Waals surface area contributed by atoms with Crippen molar-refractivity contribution in [3.05, 3.63) is 82.2 Å². The second-order valence-corrected chi connectivity index (χ2v) is 12.0. The van der Waals surface area contributed by atoms with Gasteiger partial charge in [0.05, 0.1) is 42.0 Å². The Morgan fingerprint density at radius 2 is 1.79 bits per heavy atom. The van der Waals surface area contributed by atoms with Gasteiger partial charge >= 0.3 is 6.18 Å². The topological polar surface area (TPSA) is 107 Å². The molecule has 246 valence electrons. The number of alkyl halides is 3. The number of imidazole rings is 1. The maximum absolute atomic E-state index is 14.2. The molecule has 2 aliphatic heterocycles. The quantitative estimate of drug-likeness (QED) is 0.181. The van der Waals surface area contributed by atoms with E-state index >= 15 is 0 Å². The number of hydrogen-bond acceptors (Lipinski definition) is 8. The van der Waals surface area contributed by atoms with Gasteiger partial charge in [-0.05, 0) is 56.6 Å². The summed E-state index contributed by atoms with van der Waals surface area (Å²) in [5.74, 6) is -1.67. The number of halogens is 6. The number of hydrogen-bond donors (Lipinski definition) is 1. The number of ether oxygens (including phenoxy) is 2. The van der Waals surface area contributed by atoms with Crippen LogP contribution in [0.4, 0.5) is 22.0 Å². The Morgan fingerprint density at radius 1 is 1.02 bits per heavy atom. The van der Waals surface area contributed by atoms with Gasteiger partial charge in [0.15, 0.2) is 5.82 Å². The van der Waals surface area contributed by atoms with Crippen molar-refractivity contribution in [1.29, 1.82) is 0 Å². The third kappa shape index (κ3) is 6.78. The normalized spacial score (nSPS) is 17.7. The average Bonchev–Trinajstić information content (AvgIpc) is 3.64. The van der Waals surface area contributed by atoms with E-state index in [0.717, 1.165) is 61.5 Å². The van der Waals surface area contributed by atoms with E-state index in [2.05, 4.69) is 29.5 Å². The molecule has 0 aliphatic carbocycles. The second-order valence-electron chi connectivity index (χ2n) is 11.6. The van der Waals surface area contributed by atoms with Crippen LogP contribution in [0.15, 0.2) is 42.6 Å². The molecule has 0 radical (unpaired) electrons. The van der Waals surface area contributed by atoms with Crippen molar-refractivity contribution in [1.82, 2.24) is 39.6 Å². The molecular weight excluding hydrogens is 647 g/mol. The fraction of sp³-hybridized carbons (Fsp3) is 0.387. The van der Waals surface area contributed by atoms with E-state index in [4.69, 9.17) is 26.1 Å². The van der Waals surface area contributed by atoms with Crippen molar-refractivity contribution in [3.8, 4) is 17.4 Å². The molecule has 6 heterocycles. The molecule has 1 aromatic carbocycles. The molecule has 4 aromatic heterocycles. The van der Waals surface area contributed by atoms with Gasteiger partial charge < -0.3 is 14.0 Å². The van der Waals surface area contributed by atoms with Crippen molar-refractivity contribution in [2.75, 3.05) is 19.7 Å². The number of H-pyrrole nitrogens is 1. The van der Waals surface area contributed by atoms with E-state index in [0.29, 0.717) is 25.2 Å². The predicted molar refractivity (Wildman–Crippen MR) is 159 cm³/mol. The molecule has 47 heavy (non-hydrogen) atoms. The highest BCUT2D eigenvalue weighted by molar-refractivity contribution is 6.30. The number of nitrogens with one attached hydrogen (secondary N) is 1. The Hall–Kier alpha value is -4.21. The molecule has 0 bridgehead atoms. The van der Waals surface area contributed by atoms with E-state index in [-0.39, 0.29) is 46.6 Å². The monoisotopic (exact) mass is 674 g/mol. The predicted octanol–water partition coefficient (Wildman–Crippen LogP) is 6.31. The molecule has 2 fully saturated rings. The maximum Gasteiger partial charge on any atom is 0.451 e. The van der Waals surface area contributed by atoms with Gasteiger partial charge in [-0.3, -0.25) is 15.0 Å². The van der Waals surface area contributed by atoms with Crippen molar-refractivity contribution in [2.45, 2.75) is 57.2 Å². The first kappa shape index (κ1) is 31.4. The first-order valence-electron chi connectivity index (χ1n) is 15.0. The van der Waals surface area contributed by atoms with Crippen molar-refractivity contribution < 1.29 is 31.4 Å². The third-order valence-corrected chi connectivity index (χ3v) is 8.68. The summed E-state index contributed by atoms with van der Waals surface area (Å²) >= 11 is 5.71. The van der Waals surface area contributed by atoms with Crippen molar-refractivity contribution in [3.63, 3.8) is 0 Å². The number of benzene rings is 1. The lowest BCUT2D eigenvalue weighted by Gasteiger charge is -2.32. The van der Waals surface area contributed by atoms with Gasteiger partial charge in [0.1, 0.15) is 29.8 Å². The number of fused-ring (bicyclic) bond motifs is 1. The van der Waals surface area contributed by atoms with Crippen molar-refractivity contribution in [2.24, 2.45) is 0 Å². The van der Waals surface area contributed by atoms with Crippen LogP contribution in [0.5, 0.6) is 5.88 Å². The van der Waals surface area contributed by atoms with Crippen LogP contribution < -0.4 is 4.74 Å². The Balaban J connectivity index is 1.03. The minimum absolute atomic E-state index is 0.0281. The summed E-state index contributed by atoms with van der Waals surface area (Å²) in [6.07, 6.45) is -0.445. The molecule has 0 spiro atoms. The van der Waals surface area contributed by atoms with Gasteiger partial charge in [0, 0.05) is 29.3 Å². The maximum atomic E-state index is 14.2. The number of pyridine rings is 2. The van der Waals surface area contributed by atoms with E-state index in [1.807, 2.05) is 17.2 Å². The number of piperidine rings is 1. The van der Waals surface area contributed by atoms with Gasteiger partial charge in [-0.1, -0.05) is 17.7 Å². The number of aromatic amines is 1. The Morgan fingerprint density at radius 3 is 2.47 bits per heavy atom. The Bertz CT molecular complexity index is 1880. The molecule has 2 aliphatic rings. The zero-order chi connectivity index (χ0) is 32.7. The molecule has 1 N–H and O–H groups in total. The number of aromatic nitrogens is 7. The zero-order valence-corrected chi connectivity index (χ0v) is 25.5. The lowest BCUT2D eigenvalue weighted by Crippen LogP contribution is -2.35. The Labute approximate surface area is 269 Å². The van der Waals surface area contributed by atoms with E-state index in [9.17, 15) is 22.0 Å². The van der Waals surface area contributed by atoms with Crippen LogP contribution in [-0.4, -0.2) is 65.4 Å². The standard InChI is InChI=1S/C31H28ClF5N8O2/c32-18-10-21(33)20(22(34)11-18)16-47-28-3-1-2-23(40-28)17-4-7-44(8-5-17)15-27-39-24-12-25(29-41-30(43-42-29)31(35,36)37)38-13-26(24)45(27)14-19-6-9-46-19/h1-3,10-13,17,19H,4-9,14-16H2,(H,41,42,43)/t19-/m0/s1. The van der Waals surface area contributed by atoms with Gasteiger partial charge in [-0.2, -0.15) is 18.3 Å². The van der Waals surface area contributed by atoms with Crippen LogP contribution in [0.2, 0.25) is 5.02 Å². The zero-order valence-electron chi connectivity index (χ0n) is 24.8. The van der Waals surface area contributed by atoms with Crippen LogP contribution in [-0.2, 0) is 30.6 Å². The van der Waals surface area contributed by atoms with Gasteiger partial charge in [0.25, 0.3) is 0 Å². The van der Waals surface area contributed by atoms with Gasteiger partial charge in [-0.15, -0.1) is 0 Å². The summed E-state index contributed by atoms with van der Waals surface area (Å²) in [6, 6.07) is 9.07. The minimum atomic E-state index is -4.65. The lowest BCUT2D eigenvalue weighted by atomic mass is 9.93. The highest BCUT2D eigenvalue weighted by Gasteiger charge is 2.35. The molecular formula is C31H28ClF5N8O2. The highest BCUT2D eigenvalue weighted by Crippen LogP contribution is 2.31. The SMILES string of the molecule is Fc1cc(Cl)cc(F)c1COc1cccc(C2CCN(Cc3nc4cc(-c5n[nH]c(C(F)(F)F)n5)ncc4n3C[C@@H]3CCO3)CC2)n1. The first-order valence-corrected chi connectivity index (χ1v) is 15.4. The summed E-state index contributed by atoms with van der Waals surface area (Å²) in [6.45, 7) is 3.05. The van der Waals surface area contributed by atoms with Crippen LogP contribution in [0.1, 0.15) is 48.1 Å². The van der Waals surface area contributed by atoms with Crippen molar-refractivity contribution >= 4 is 22.6 Å². The molecule has 10 nitrogen and oxygen atoms in total. The summed E-state index contributed by atoms with van der Waals surface area (Å²) in [4.78, 5) is 19.7. The number of rotatable bonds is 9. The molecule has 0 saturated carbocycles. The number of likely N-dealkylation sites (tertiary alicyclic amines) is 1. The van der Waals surface area contributed by atoms with Crippen LogP contribution in [0.25, 0.3) is 22.6 Å². The fourth-order valence-electron chi connectivity index (χ4n) is 5.84. The summed E-state index contributed by atoms with van der Waals surface area (Å²) in [7, 11) is 0. The molecule has 7 rings (SSSR count). The first-order chi connectivity index (χ1) is 22.6. The van der Waals surface area contributed by atoms with Crippen LogP contribution >= 0.6 is 11.6 Å². The van der Waals surface area contributed by atoms with Crippen LogP contribution in [0.3, 0.4) is 0 Å². The van der Waals surface area contributed by atoms with Gasteiger partial charge in [-0.25, -0.2) is 23.7 Å². The minimum Gasteiger partial charge on any atom is -0.473 e. The summed E-state index contributed by atoms with van der Waals surface area (Å²) < 4.78 is 80.9. The molecule has 1 atom stereocenters. The molecule has 2 saturated heterocycles. The molecule has 0 unspecified atom stereocenters. The summed E-state index contributed by atoms with van der Waals surface area (Å²) in [5, 5.41) is 5.59. The van der Waals surface area contributed by atoms with E-state index in [1.54, 1.807) is 18.3 Å². The molecule has 0 amide bonds. The average molecular weight is 675 g/mol. The fourth-order valence-corrected chi connectivity index (χ4v) is 6.03. The lowest BCUT2D eigenvalue weighted by molar-refractivity contribution is -0.144. The Kier molecular flexibility index (Phi) is 8.53. The smallest absolute Gasteiger partial charge is 0.451 e. The molecule has 16 heteroatoms. The number of nitrogens with zero attached hydrogens (tertiary/aromatic N) is 7. The second kappa shape index (κ2) is 12.8.